The van der Waals surface area contributed by atoms with Crippen molar-refractivity contribution < 1.29 is 4.79 Å². The lowest BCUT2D eigenvalue weighted by Gasteiger charge is -1.95. The summed E-state index contributed by atoms with van der Waals surface area (Å²) in [5, 5.41) is 4.09. The van der Waals surface area contributed by atoms with E-state index in [1.165, 1.54) is 11.3 Å². The molecule has 3 N–H and O–H groups in total. The zero-order chi connectivity index (χ0) is 12.3. The summed E-state index contributed by atoms with van der Waals surface area (Å²) in [5.41, 5.74) is 2.12. The fourth-order valence-corrected chi connectivity index (χ4v) is 3.15. The van der Waals surface area contributed by atoms with Gasteiger partial charge in [-0.2, -0.15) is 5.10 Å². The number of aromatic nitrogens is 2. The van der Waals surface area contributed by atoms with E-state index in [9.17, 15) is 4.79 Å². The number of nitrogens with two attached hydrogens (primary N) is 1. The van der Waals surface area contributed by atoms with E-state index in [1.807, 2.05) is 25.5 Å². The molecule has 0 aromatic carbocycles. The third-order valence-electron chi connectivity index (χ3n) is 2.08. The van der Waals surface area contributed by atoms with Crippen LogP contribution in [0, 0.1) is 0 Å². The first-order chi connectivity index (χ1) is 8.19. The number of aryl methyl sites for hydroxylation is 1. The van der Waals surface area contributed by atoms with Crippen molar-refractivity contribution in [1.82, 2.24) is 15.2 Å². The number of rotatable bonds is 4. The number of thiophene rings is 1. The predicted molar refractivity (Wildman–Crippen MR) is 68.7 cm³/mol. The van der Waals surface area contributed by atoms with Crippen molar-refractivity contribution in [3.8, 4) is 0 Å². The van der Waals surface area contributed by atoms with Crippen LogP contribution >= 0.6 is 23.1 Å². The fourth-order valence-electron chi connectivity index (χ4n) is 1.28. The molecule has 0 bridgehead atoms. The van der Waals surface area contributed by atoms with Crippen molar-refractivity contribution in [1.29, 1.82) is 0 Å². The number of nitrogens with one attached hydrogen (secondary N) is 1. The first kappa shape index (κ1) is 12.2. The molecule has 0 saturated heterocycles. The highest BCUT2D eigenvalue weighted by Crippen LogP contribution is 2.26. The number of nitrogen functional groups attached to an aromatic ring is 1. The molecule has 0 atom stereocenters. The number of nitrogens with zero attached hydrogens (tertiary/aromatic N) is 2. The van der Waals surface area contributed by atoms with Crippen molar-refractivity contribution in [2.45, 2.75) is 10.6 Å². The van der Waals surface area contributed by atoms with E-state index < -0.39 is 0 Å². The first-order valence-corrected chi connectivity index (χ1v) is 6.70. The van der Waals surface area contributed by atoms with Gasteiger partial charge in [0.25, 0.3) is 5.91 Å². The highest BCUT2D eigenvalue weighted by Gasteiger charge is 2.07. The summed E-state index contributed by atoms with van der Waals surface area (Å²) in [7, 11) is 1.89. The molecule has 2 rings (SSSR count). The lowest BCUT2D eigenvalue weighted by molar-refractivity contribution is 0.0957. The van der Waals surface area contributed by atoms with Gasteiger partial charge < -0.3 is 0 Å². The Hall–Kier alpha value is -1.31. The van der Waals surface area contributed by atoms with Gasteiger partial charge in [0.05, 0.1) is 11.1 Å². The number of amides is 1. The van der Waals surface area contributed by atoms with Gasteiger partial charge in [0.1, 0.15) is 0 Å². The third kappa shape index (κ3) is 3.09. The monoisotopic (exact) mass is 268 g/mol. The second kappa shape index (κ2) is 5.35. The zero-order valence-electron chi connectivity index (χ0n) is 9.21. The Morgan fingerprint density at radius 2 is 2.47 bits per heavy atom. The summed E-state index contributed by atoms with van der Waals surface area (Å²) in [5.74, 6) is 5.66. The number of carbonyl (C=O) groups excluding carboxylic acids is 1. The molecule has 7 heteroatoms. The molecule has 2 aromatic heterocycles. The summed E-state index contributed by atoms with van der Waals surface area (Å²) in [4.78, 5) is 14.1. The highest BCUT2D eigenvalue weighted by molar-refractivity contribution is 7.98. The van der Waals surface area contributed by atoms with Crippen molar-refractivity contribution in [3.63, 3.8) is 0 Å². The Morgan fingerprint density at radius 3 is 3.12 bits per heavy atom. The Balaban J connectivity index is 1.95. The number of thioether (sulfide) groups is 1. The fraction of sp³-hybridized carbons (Fsp3) is 0.200. The van der Waals surface area contributed by atoms with Crippen LogP contribution in [0.3, 0.4) is 0 Å². The van der Waals surface area contributed by atoms with E-state index in [0.29, 0.717) is 4.88 Å². The minimum atomic E-state index is -0.243. The third-order valence-corrected chi connectivity index (χ3v) is 4.35. The number of hydrogen-bond donors (Lipinski definition) is 2. The number of hydrazine groups is 1. The molecular weight excluding hydrogens is 256 g/mol. The van der Waals surface area contributed by atoms with Gasteiger partial charge in [0, 0.05) is 28.8 Å². The second-order valence-corrected chi connectivity index (χ2v) is 5.59. The van der Waals surface area contributed by atoms with Gasteiger partial charge in [0.15, 0.2) is 0 Å². The van der Waals surface area contributed by atoms with Crippen LogP contribution in [0.25, 0.3) is 0 Å². The van der Waals surface area contributed by atoms with E-state index >= 15 is 0 Å². The van der Waals surface area contributed by atoms with Gasteiger partial charge in [-0.1, -0.05) is 0 Å². The molecule has 0 spiro atoms. The molecule has 0 aliphatic heterocycles. The van der Waals surface area contributed by atoms with E-state index in [4.69, 9.17) is 5.84 Å². The molecule has 1 amide bonds. The standard InChI is InChI=1S/C10H12N4OS2/c1-14-5-8(4-12-14)16-6-7-2-3-9(17-7)10(15)13-11/h2-5H,6,11H2,1H3,(H,13,15). The molecule has 2 aromatic rings. The molecule has 0 unspecified atom stereocenters. The van der Waals surface area contributed by atoms with Crippen LogP contribution in [-0.4, -0.2) is 15.7 Å². The summed E-state index contributed by atoms with van der Waals surface area (Å²) < 4.78 is 1.77. The average Bonchev–Trinajstić information content (AvgIpc) is 2.94. The molecular formula is C10H12N4OS2. The van der Waals surface area contributed by atoms with Crippen LogP contribution in [0.1, 0.15) is 14.5 Å². The summed E-state index contributed by atoms with van der Waals surface area (Å²) in [6, 6.07) is 3.73. The molecule has 5 nitrogen and oxygen atoms in total. The summed E-state index contributed by atoms with van der Waals surface area (Å²) in [6.45, 7) is 0. The largest absolute Gasteiger partial charge is 0.289 e. The summed E-state index contributed by atoms with van der Waals surface area (Å²) in [6.07, 6.45) is 3.79. The quantitative estimate of drug-likeness (QED) is 0.380. The summed E-state index contributed by atoms with van der Waals surface area (Å²) >= 11 is 3.14. The lowest BCUT2D eigenvalue weighted by atomic mass is 10.4. The SMILES string of the molecule is Cn1cc(SCc2ccc(C(=O)NN)s2)cn1. The minimum absolute atomic E-state index is 0.243. The molecule has 0 saturated carbocycles. The van der Waals surface area contributed by atoms with E-state index in [2.05, 4.69) is 10.5 Å². The van der Waals surface area contributed by atoms with Crippen LogP contribution in [0.5, 0.6) is 0 Å². The van der Waals surface area contributed by atoms with Crippen molar-refractivity contribution in [2.24, 2.45) is 12.9 Å². The highest BCUT2D eigenvalue weighted by atomic mass is 32.2. The topological polar surface area (TPSA) is 72.9 Å². The van der Waals surface area contributed by atoms with Crippen LogP contribution in [0.4, 0.5) is 0 Å². The van der Waals surface area contributed by atoms with Crippen LogP contribution in [0.2, 0.25) is 0 Å². The van der Waals surface area contributed by atoms with Gasteiger partial charge in [-0.15, -0.1) is 23.1 Å². The predicted octanol–water partition coefficient (Wildman–Crippen LogP) is 1.38. The zero-order valence-corrected chi connectivity index (χ0v) is 10.8. The molecule has 0 fully saturated rings. The van der Waals surface area contributed by atoms with Crippen LogP contribution < -0.4 is 11.3 Å². The molecule has 17 heavy (non-hydrogen) atoms. The first-order valence-electron chi connectivity index (χ1n) is 4.90. The molecule has 90 valence electrons. The molecule has 0 radical (unpaired) electrons. The van der Waals surface area contributed by atoms with Gasteiger partial charge in [-0.25, -0.2) is 5.84 Å². The maximum absolute atomic E-state index is 11.3. The van der Waals surface area contributed by atoms with Crippen molar-refractivity contribution >= 4 is 29.0 Å². The Kier molecular flexibility index (Phi) is 3.82. The smallest absolute Gasteiger partial charge is 0.275 e. The maximum atomic E-state index is 11.3. The Labute approximate surface area is 107 Å². The Bertz CT molecular complexity index is 520. The van der Waals surface area contributed by atoms with E-state index in [1.54, 1.807) is 22.5 Å². The molecule has 0 aliphatic rings. The Morgan fingerprint density at radius 1 is 1.65 bits per heavy atom. The number of hydrogen-bond acceptors (Lipinski definition) is 5. The van der Waals surface area contributed by atoms with Crippen molar-refractivity contribution in [2.75, 3.05) is 0 Å². The van der Waals surface area contributed by atoms with Crippen LogP contribution in [0.15, 0.2) is 29.4 Å². The average molecular weight is 268 g/mol. The van der Waals surface area contributed by atoms with Gasteiger partial charge in [-0.3, -0.25) is 14.9 Å². The van der Waals surface area contributed by atoms with Crippen molar-refractivity contribution in [3.05, 3.63) is 34.3 Å². The maximum Gasteiger partial charge on any atom is 0.275 e. The molecule has 2 heterocycles. The van der Waals surface area contributed by atoms with E-state index in [-0.39, 0.29) is 5.91 Å². The van der Waals surface area contributed by atoms with E-state index in [0.717, 1.165) is 15.5 Å². The molecule has 0 aliphatic carbocycles. The van der Waals surface area contributed by atoms with Gasteiger partial charge in [-0.05, 0) is 12.1 Å². The normalized spacial score (nSPS) is 10.5. The van der Waals surface area contributed by atoms with Gasteiger partial charge in [0.2, 0.25) is 0 Å². The number of carbonyl (C=O) groups is 1. The minimum Gasteiger partial charge on any atom is -0.289 e. The second-order valence-electron chi connectivity index (χ2n) is 3.38. The van der Waals surface area contributed by atoms with Gasteiger partial charge >= 0.3 is 0 Å². The van der Waals surface area contributed by atoms with Crippen LogP contribution in [-0.2, 0) is 12.8 Å². The lowest BCUT2D eigenvalue weighted by Crippen LogP contribution is -2.29.